The predicted octanol–water partition coefficient (Wildman–Crippen LogP) is 5.02. The fourth-order valence-corrected chi connectivity index (χ4v) is 4.79. The second-order valence-corrected chi connectivity index (χ2v) is 10.4. The van der Waals surface area contributed by atoms with Crippen molar-refractivity contribution in [2.75, 3.05) is 46.9 Å². The number of hydrogen-bond acceptors (Lipinski definition) is 6. The van der Waals surface area contributed by atoms with Gasteiger partial charge in [-0.05, 0) is 109 Å². The molecule has 1 saturated heterocycles. The molecule has 2 saturated carbocycles. The molecule has 1 aromatic heterocycles. The topological polar surface area (TPSA) is 70.8 Å². The Bertz CT molecular complexity index is 876. The minimum Gasteiger partial charge on any atom is -0.493 e. The number of aromatic nitrogens is 1. The first-order valence-electron chi connectivity index (χ1n) is 12.5. The van der Waals surface area contributed by atoms with E-state index < -0.39 is 0 Å². The number of benzene rings is 1. The molecule has 0 amide bonds. The molecule has 8 heteroatoms. The minimum atomic E-state index is 0. The Hall–Kier alpha value is -1.05. The van der Waals surface area contributed by atoms with Crippen molar-refractivity contribution in [3.63, 3.8) is 0 Å². The van der Waals surface area contributed by atoms with E-state index in [4.69, 9.17) is 9.26 Å². The average molecular weight is 517 g/mol. The van der Waals surface area contributed by atoms with Crippen molar-refractivity contribution < 1.29 is 14.4 Å². The lowest BCUT2D eigenvalue weighted by molar-refractivity contribution is 0.115. The maximum atomic E-state index is 9.56. The van der Waals surface area contributed by atoms with Gasteiger partial charge in [-0.2, -0.15) is 0 Å². The number of halogens is 2. The lowest BCUT2D eigenvalue weighted by Gasteiger charge is -2.34. The second kappa shape index (κ2) is 13.3. The molecule has 0 atom stereocenters. The van der Waals surface area contributed by atoms with Crippen LogP contribution in [0, 0.1) is 24.2 Å². The van der Waals surface area contributed by atoms with Gasteiger partial charge in [-0.15, -0.1) is 24.8 Å². The molecule has 2 aliphatic carbocycles. The third-order valence-corrected chi connectivity index (χ3v) is 7.43. The Morgan fingerprint density at radius 3 is 2.38 bits per heavy atom. The van der Waals surface area contributed by atoms with Crippen LogP contribution in [0.3, 0.4) is 0 Å². The first-order valence-corrected chi connectivity index (χ1v) is 12.5. The van der Waals surface area contributed by atoms with Gasteiger partial charge in [-0.3, -0.25) is 0 Å². The predicted molar refractivity (Wildman–Crippen MR) is 143 cm³/mol. The maximum absolute atomic E-state index is 9.56. The number of rotatable bonds is 9. The average Bonchev–Trinajstić information content (AvgIpc) is 3.73. The highest BCUT2D eigenvalue weighted by Crippen LogP contribution is 2.46. The molecule has 2 N–H and O–H groups in total. The van der Waals surface area contributed by atoms with Crippen LogP contribution in [0.15, 0.2) is 16.7 Å². The van der Waals surface area contributed by atoms with Gasteiger partial charge in [-0.1, -0.05) is 5.16 Å². The molecule has 194 valence electrons. The van der Waals surface area contributed by atoms with Gasteiger partial charge >= 0.3 is 0 Å². The zero-order valence-corrected chi connectivity index (χ0v) is 22.6. The van der Waals surface area contributed by atoms with Crippen molar-refractivity contribution in [1.82, 2.24) is 15.4 Å². The molecule has 34 heavy (non-hydrogen) atoms. The summed E-state index contributed by atoms with van der Waals surface area (Å²) in [5, 5.41) is 17.9. The van der Waals surface area contributed by atoms with Crippen LogP contribution < -0.4 is 10.1 Å². The lowest BCUT2D eigenvalue weighted by Crippen LogP contribution is -2.38. The molecule has 5 rings (SSSR count). The van der Waals surface area contributed by atoms with Gasteiger partial charge < -0.3 is 24.6 Å². The van der Waals surface area contributed by atoms with Gasteiger partial charge in [-0.25, -0.2) is 0 Å². The van der Waals surface area contributed by atoms with Crippen molar-refractivity contribution in [2.24, 2.45) is 17.3 Å². The van der Waals surface area contributed by atoms with E-state index in [1.807, 2.05) is 14.1 Å². The Morgan fingerprint density at radius 1 is 1.12 bits per heavy atom. The summed E-state index contributed by atoms with van der Waals surface area (Å²) in [4.78, 5) is 2.57. The number of nitrogens with one attached hydrogen (secondary N) is 1. The Kier molecular flexibility index (Phi) is 11.4. The van der Waals surface area contributed by atoms with E-state index in [-0.39, 0.29) is 30.2 Å². The first-order chi connectivity index (χ1) is 15.6. The van der Waals surface area contributed by atoms with E-state index in [2.05, 4.69) is 34.4 Å². The molecule has 3 aliphatic rings. The quantitative estimate of drug-likeness (QED) is 0.488. The van der Waals surface area contributed by atoms with Crippen LogP contribution in [0.5, 0.6) is 5.75 Å². The Labute approximate surface area is 217 Å². The highest BCUT2D eigenvalue weighted by Gasteiger charge is 2.43. The van der Waals surface area contributed by atoms with Gasteiger partial charge in [0.15, 0.2) is 5.58 Å². The molecule has 6 nitrogen and oxygen atoms in total. The molecule has 0 spiro atoms. The fraction of sp³-hybridized carbons (Fsp3) is 0.731. The van der Waals surface area contributed by atoms with E-state index in [0.717, 1.165) is 59.4 Å². The van der Waals surface area contributed by atoms with Gasteiger partial charge in [0, 0.05) is 29.5 Å². The van der Waals surface area contributed by atoms with Crippen LogP contribution in [-0.2, 0) is 6.42 Å². The summed E-state index contributed by atoms with van der Waals surface area (Å²) in [7, 11) is 3.75. The third-order valence-electron chi connectivity index (χ3n) is 7.43. The number of nitrogens with zero attached hydrogens (tertiary/aromatic N) is 2. The summed E-state index contributed by atoms with van der Waals surface area (Å²) in [5.74, 6) is 2.46. The van der Waals surface area contributed by atoms with Crippen molar-refractivity contribution in [3.05, 3.63) is 23.4 Å². The van der Waals surface area contributed by atoms with E-state index in [1.165, 1.54) is 58.0 Å². The molecule has 0 radical (unpaired) electrons. The van der Waals surface area contributed by atoms with E-state index in [1.54, 1.807) is 0 Å². The second-order valence-electron chi connectivity index (χ2n) is 10.4. The van der Waals surface area contributed by atoms with E-state index in [0.29, 0.717) is 6.61 Å². The SMILES string of the molecule is CNC.Cc1c(OCC2CC2)ccc2c(CCC3CCN(CC4(CO)CC4)CC3)noc12.Cl.Cl. The molecule has 3 fully saturated rings. The molecular weight excluding hydrogens is 473 g/mol. The van der Waals surface area contributed by atoms with Gasteiger partial charge in [0.25, 0.3) is 0 Å². The fourth-order valence-electron chi connectivity index (χ4n) is 4.79. The van der Waals surface area contributed by atoms with Crippen molar-refractivity contribution in [3.8, 4) is 5.75 Å². The van der Waals surface area contributed by atoms with Gasteiger partial charge in [0.2, 0.25) is 0 Å². The van der Waals surface area contributed by atoms with E-state index in [9.17, 15) is 5.11 Å². The van der Waals surface area contributed by atoms with Gasteiger partial charge in [0.1, 0.15) is 5.75 Å². The van der Waals surface area contributed by atoms with Crippen molar-refractivity contribution in [1.29, 1.82) is 0 Å². The Morgan fingerprint density at radius 2 is 1.79 bits per heavy atom. The highest BCUT2D eigenvalue weighted by molar-refractivity contribution is 5.86. The summed E-state index contributed by atoms with van der Waals surface area (Å²) in [5.41, 5.74) is 3.30. The number of hydrogen-bond donors (Lipinski definition) is 2. The number of likely N-dealkylation sites (tertiary alicyclic amines) is 1. The van der Waals surface area contributed by atoms with Crippen LogP contribution in [-0.4, -0.2) is 62.1 Å². The van der Waals surface area contributed by atoms with Crippen LogP contribution in [0.1, 0.15) is 56.2 Å². The minimum absolute atomic E-state index is 0. The molecule has 2 aromatic rings. The molecule has 0 bridgehead atoms. The summed E-state index contributed by atoms with van der Waals surface area (Å²) >= 11 is 0. The van der Waals surface area contributed by atoms with Crippen molar-refractivity contribution in [2.45, 2.75) is 58.3 Å². The maximum Gasteiger partial charge on any atom is 0.173 e. The standard InChI is InChI=1S/C24H34N2O3.C2H7N.2ClH/c1-17-22(28-14-19-2-3-19)7-5-20-21(25-29-23(17)20)6-4-18-8-12-26(13-9-18)15-24(16-27)10-11-24;1-3-2;;/h5,7,18-19,27H,2-4,6,8-16H2,1H3;3H,1-2H3;2*1H. The third kappa shape index (κ3) is 7.47. The zero-order chi connectivity index (χ0) is 22.6. The zero-order valence-electron chi connectivity index (χ0n) is 21.0. The molecule has 0 unspecified atom stereocenters. The van der Waals surface area contributed by atoms with Crippen LogP contribution >= 0.6 is 24.8 Å². The number of ether oxygens (including phenoxy) is 1. The van der Waals surface area contributed by atoms with Crippen LogP contribution in [0.4, 0.5) is 0 Å². The van der Waals surface area contributed by atoms with Crippen molar-refractivity contribution >= 4 is 35.8 Å². The van der Waals surface area contributed by atoms with Gasteiger partial charge in [0.05, 0.1) is 12.3 Å². The summed E-state index contributed by atoms with van der Waals surface area (Å²) in [6, 6.07) is 4.22. The normalized spacial score (nSPS) is 19.5. The summed E-state index contributed by atoms with van der Waals surface area (Å²) in [6.07, 6.45) is 9.69. The number of piperidine rings is 1. The molecule has 1 aliphatic heterocycles. The number of aryl methyl sites for hydroxylation is 2. The molecule has 1 aromatic carbocycles. The van der Waals surface area contributed by atoms with Crippen LogP contribution in [0.2, 0.25) is 0 Å². The number of fused-ring (bicyclic) bond motifs is 1. The Balaban J connectivity index is 0.000000778. The largest absolute Gasteiger partial charge is 0.493 e. The first kappa shape index (κ1) is 29.2. The smallest absolute Gasteiger partial charge is 0.173 e. The monoisotopic (exact) mass is 515 g/mol. The number of aliphatic hydroxyl groups excluding tert-OH is 1. The van der Waals surface area contributed by atoms with E-state index >= 15 is 0 Å². The molecular formula is C26H43Cl2N3O3. The number of aliphatic hydroxyl groups is 1. The summed E-state index contributed by atoms with van der Waals surface area (Å²) < 4.78 is 11.7. The molecule has 2 heterocycles. The lowest BCUT2D eigenvalue weighted by atomic mass is 9.90. The summed E-state index contributed by atoms with van der Waals surface area (Å²) in [6.45, 7) is 6.70. The van der Waals surface area contributed by atoms with Crippen LogP contribution in [0.25, 0.3) is 11.0 Å². The highest BCUT2D eigenvalue weighted by atomic mass is 35.5.